The van der Waals surface area contributed by atoms with E-state index in [-0.39, 0.29) is 5.91 Å². The van der Waals surface area contributed by atoms with Gasteiger partial charge in [-0.15, -0.1) is 0 Å². The molecule has 3 aromatic rings. The van der Waals surface area contributed by atoms with Crippen molar-refractivity contribution >= 4 is 11.6 Å². The summed E-state index contributed by atoms with van der Waals surface area (Å²) >= 11 is 0. The van der Waals surface area contributed by atoms with Crippen molar-refractivity contribution in [1.29, 1.82) is 0 Å². The summed E-state index contributed by atoms with van der Waals surface area (Å²) in [6, 6.07) is 22.8. The number of pyridine rings is 1. The molecule has 1 aliphatic heterocycles. The van der Waals surface area contributed by atoms with E-state index in [1.807, 2.05) is 48.5 Å². The summed E-state index contributed by atoms with van der Waals surface area (Å²) in [6.07, 6.45) is 5.38. The van der Waals surface area contributed by atoms with Crippen LogP contribution in [0.15, 0.2) is 72.9 Å². The van der Waals surface area contributed by atoms with Crippen molar-refractivity contribution < 1.29 is 9.53 Å². The van der Waals surface area contributed by atoms with Gasteiger partial charge in [-0.1, -0.05) is 42.5 Å². The topological polar surface area (TPSA) is 45.7 Å². The number of benzene rings is 2. The van der Waals surface area contributed by atoms with Crippen molar-refractivity contribution in [2.24, 2.45) is 0 Å². The minimum atomic E-state index is 0.231. The fourth-order valence-electron chi connectivity index (χ4n) is 4.44. The first-order valence-corrected chi connectivity index (χ1v) is 11.7. The van der Waals surface area contributed by atoms with E-state index in [9.17, 15) is 4.79 Å². The van der Waals surface area contributed by atoms with E-state index in [1.54, 1.807) is 7.11 Å². The third-order valence-corrected chi connectivity index (χ3v) is 6.52. The van der Waals surface area contributed by atoms with Crippen LogP contribution < -0.4 is 9.64 Å². The quantitative estimate of drug-likeness (QED) is 0.496. The Morgan fingerprint density at radius 2 is 1.82 bits per heavy atom. The number of hydrogen-bond acceptors (Lipinski definition) is 4. The Hall–Kier alpha value is -3.34. The van der Waals surface area contributed by atoms with Crippen LogP contribution in [-0.2, 0) is 11.2 Å². The standard InChI is InChI=1S/C28H33N3O2/c1-30(25-9-6-10-26(20-25)33-2)16-15-28(32)31-17-13-24(14-18-31)27-12-11-23(21-29-27)19-22-7-4-3-5-8-22/h3-12,20-21,24H,13-19H2,1-2H3. The monoisotopic (exact) mass is 443 g/mol. The summed E-state index contributed by atoms with van der Waals surface area (Å²) in [5.74, 6) is 1.49. The minimum Gasteiger partial charge on any atom is -0.497 e. The summed E-state index contributed by atoms with van der Waals surface area (Å²) in [4.78, 5) is 21.7. The molecule has 1 amide bonds. The second-order valence-electron chi connectivity index (χ2n) is 8.78. The van der Waals surface area contributed by atoms with E-state index < -0.39 is 0 Å². The number of methoxy groups -OCH3 is 1. The zero-order chi connectivity index (χ0) is 23.0. The molecule has 0 saturated carbocycles. The Bertz CT molecular complexity index is 1030. The fraction of sp³-hybridized carbons (Fsp3) is 0.357. The molecule has 0 radical (unpaired) electrons. The molecule has 1 aliphatic rings. The lowest BCUT2D eigenvalue weighted by Gasteiger charge is -2.32. The normalized spacial score (nSPS) is 14.2. The molecule has 2 aromatic carbocycles. The van der Waals surface area contributed by atoms with Crippen LogP contribution in [0.4, 0.5) is 5.69 Å². The van der Waals surface area contributed by atoms with E-state index in [2.05, 4.69) is 41.3 Å². The highest BCUT2D eigenvalue weighted by atomic mass is 16.5. The average Bonchev–Trinajstić information content (AvgIpc) is 2.88. The number of rotatable bonds is 8. The molecule has 0 N–H and O–H groups in total. The van der Waals surface area contributed by atoms with E-state index in [0.717, 1.165) is 49.5 Å². The zero-order valence-electron chi connectivity index (χ0n) is 19.6. The molecule has 0 unspecified atom stereocenters. The Labute approximate surface area is 197 Å². The number of likely N-dealkylation sites (tertiary alicyclic amines) is 1. The molecule has 33 heavy (non-hydrogen) atoms. The Morgan fingerprint density at radius 1 is 1.03 bits per heavy atom. The summed E-state index contributed by atoms with van der Waals surface area (Å²) in [5, 5.41) is 0. The summed E-state index contributed by atoms with van der Waals surface area (Å²) in [5.41, 5.74) is 4.74. The van der Waals surface area contributed by atoms with E-state index in [1.165, 1.54) is 11.1 Å². The number of ether oxygens (including phenoxy) is 1. The van der Waals surface area contributed by atoms with E-state index >= 15 is 0 Å². The van der Waals surface area contributed by atoms with Crippen LogP contribution in [0.5, 0.6) is 5.75 Å². The lowest BCUT2D eigenvalue weighted by atomic mass is 9.92. The molecule has 1 aromatic heterocycles. The highest BCUT2D eigenvalue weighted by Gasteiger charge is 2.24. The number of anilines is 1. The Balaban J connectivity index is 1.24. The smallest absolute Gasteiger partial charge is 0.224 e. The molecule has 5 nitrogen and oxygen atoms in total. The van der Waals surface area contributed by atoms with Gasteiger partial charge in [0.05, 0.1) is 7.11 Å². The van der Waals surface area contributed by atoms with Gasteiger partial charge < -0.3 is 14.5 Å². The molecule has 0 aliphatic carbocycles. The largest absolute Gasteiger partial charge is 0.497 e. The van der Waals surface area contributed by atoms with E-state index in [0.29, 0.717) is 18.9 Å². The van der Waals surface area contributed by atoms with Gasteiger partial charge in [-0.05, 0) is 48.6 Å². The lowest BCUT2D eigenvalue weighted by Crippen LogP contribution is -2.39. The molecular weight excluding hydrogens is 410 g/mol. The van der Waals surface area contributed by atoms with Crippen LogP contribution in [0.2, 0.25) is 0 Å². The van der Waals surface area contributed by atoms with Crippen LogP contribution in [0.25, 0.3) is 0 Å². The molecule has 0 bridgehead atoms. The number of amides is 1. The van der Waals surface area contributed by atoms with Crippen molar-refractivity contribution in [2.45, 2.75) is 31.6 Å². The van der Waals surface area contributed by atoms with Gasteiger partial charge in [-0.3, -0.25) is 9.78 Å². The Kier molecular flexibility index (Phi) is 7.61. The Morgan fingerprint density at radius 3 is 2.52 bits per heavy atom. The molecular formula is C28H33N3O2. The predicted molar refractivity (Wildman–Crippen MR) is 133 cm³/mol. The van der Waals surface area contributed by atoms with Crippen LogP contribution >= 0.6 is 0 Å². The van der Waals surface area contributed by atoms with Crippen LogP contribution in [-0.4, -0.2) is 49.6 Å². The van der Waals surface area contributed by atoms with Gasteiger partial charge in [0.1, 0.15) is 5.75 Å². The molecule has 1 fully saturated rings. The van der Waals surface area contributed by atoms with Crippen LogP contribution in [0.1, 0.15) is 42.0 Å². The molecule has 4 rings (SSSR count). The molecule has 2 heterocycles. The molecule has 0 spiro atoms. The number of aromatic nitrogens is 1. The second-order valence-corrected chi connectivity index (χ2v) is 8.78. The van der Waals surface area contributed by atoms with Crippen LogP contribution in [0.3, 0.4) is 0 Å². The highest BCUT2D eigenvalue weighted by molar-refractivity contribution is 5.77. The zero-order valence-corrected chi connectivity index (χ0v) is 19.6. The minimum absolute atomic E-state index is 0.231. The number of carbonyl (C=O) groups excluding carboxylic acids is 1. The summed E-state index contributed by atoms with van der Waals surface area (Å²) in [7, 11) is 3.68. The van der Waals surface area contributed by atoms with Crippen molar-refractivity contribution in [3.05, 3.63) is 89.7 Å². The third kappa shape index (κ3) is 6.13. The van der Waals surface area contributed by atoms with E-state index in [4.69, 9.17) is 9.72 Å². The number of piperidine rings is 1. The molecule has 5 heteroatoms. The average molecular weight is 444 g/mol. The first-order valence-electron chi connectivity index (χ1n) is 11.7. The lowest BCUT2D eigenvalue weighted by molar-refractivity contribution is -0.132. The molecule has 172 valence electrons. The molecule has 1 saturated heterocycles. The van der Waals surface area contributed by atoms with Gasteiger partial charge in [0.25, 0.3) is 0 Å². The van der Waals surface area contributed by atoms with Crippen molar-refractivity contribution in [1.82, 2.24) is 9.88 Å². The van der Waals surface area contributed by atoms with Gasteiger partial charge in [-0.25, -0.2) is 0 Å². The molecule has 0 atom stereocenters. The highest BCUT2D eigenvalue weighted by Crippen LogP contribution is 2.27. The number of hydrogen-bond donors (Lipinski definition) is 0. The summed E-state index contributed by atoms with van der Waals surface area (Å²) in [6.45, 7) is 2.30. The first-order chi connectivity index (χ1) is 16.1. The van der Waals surface area contributed by atoms with Gasteiger partial charge in [0, 0.05) is 62.7 Å². The number of nitrogens with zero attached hydrogens (tertiary/aromatic N) is 3. The van der Waals surface area contributed by atoms with Crippen molar-refractivity contribution in [2.75, 3.05) is 38.7 Å². The summed E-state index contributed by atoms with van der Waals surface area (Å²) < 4.78 is 5.30. The van der Waals surface area contributed by atoms with Gasteiger partial charge in [0.2, 0.25) is 5.91 Å². The maximum absolute atomic E-state index is 12.8. The third-order valence-electron chi connectivity index (χ3n) is 6.52. The predicted octanol–water partition coefficient (Wildman–Crippen LogP) is 4.91. The maximum atomic E-state index is 12.8. The number of carbonyl (C=O) groups is 1. The maximum Gasteiger partial charge on any atom is 0.224 e. The second kappa shape index (κ2) is 11.0. The van der Waals surface area contributed by atoms with Crippen molar-refractivity contribution in [3.8, 4) is 5.75 Å². The fourth-order valence-corrected chi connectivity index (χ4v) is 4.44. The van der Waals surface area contributed by atoms with Gasteiger partial charge >= 0.3 is 0 Å². The first kappa shape index (κ1) is 22.8. The SMILES string of the molecule is COc1cccc(N(C)CCC(=O)N2CCC(c3ccc(Cc4ccccc4)cn3)CC2)c1. The van der Waals surface area contributed by atoms with Crippen LogP contribution in [0, 0.1) is 0 Å². The van der Waals surface area contributed by atoms with Gasteiger partial charge in [0.15, 0.2) is 0 Å². The van der Waals surface area contributed by atoms with Gasteiger partial charge in [-0.2, -0.15) is 0 Å². The van der Waals surface area contributed by atoms with Crippen molar-refractivity contribution in [3.63, 3.8) is 0 Å².